The number of alkyl halides is 3. The van der Waals surface area contributed by atoms with Gasteiger partial charge in [-0.25, -0.2) is 13.0 Å². The van der Waals surface area contributed by atoms with E-state index in [4.69, 9.17) is 18.5 Å². The summed E-state index contributed by atoms with van der Waals surface area (Å²) >= 11 is 0. The van der Waals surface area contributed by atoms with Crippen molar-refractivity contribution in [1.29, 1.82) is 0 Å². The van der Waals surface area contributed by atoms with Crippen LogP contribution in [-0.4, -0.2) is 31.9 Å². The van der Waals surface area contributed by atoms with Crippen molar-refractivity contribution in [3.05, 3.63) is 142 Å². The lowest BCUT2D eigenvalue weighted by Crippen LogP contribution is -2.53. The van der Waals surface area contributed by atoms with Gasteiger partial charge in [-0.15, -0.1) is 4.49 Å². The highest BCUT2D eigenvalue weighted by molar-refractivity contribution is 7.95. The maximum Gasteiger partial charge on any atom is 0.511 e. The molecule has 8 nitrogen and oxygen atoms in total. The lowest BCUT2D eigenvalue weighted by molar-refractivity contribution is -0.176. The number of rotatable bonds is 6. The van der Waals surface area contributed by atoms with Crippen LogP contribution in [0.25, 0.3) is 0 Å². The zero-order valence-electron chi connectivity index (χ0n) is 37.7. The molecular formula is C48H61F3NO7PS. The minimum atomic E-state index is -6.40. The molecule has 0 radical (unpaired) electrons. The number of hydrogen-bond donors (Lipinski definition) is 1. The summed E-state index contributed by atoms with van der Waals surface area (Å²) in [6, 6.07) is 28.9. The first-order chi connectivity index (χ1) is 27.6. The predicted octanol–water partition coefficient (Wildman–Crippen LogP) is 12.2. The van der Waals surface area contributed by atoms with Crippen molar-refractivity contribution >= 4 is 17.8 Å². The third-order valence-electron chi connectivity index (χ3n) is 11.7. The summed E-state index contributed by atoms with van der Waals surface area (Å²) in [6.45, 7) is 27.9. The van der Waals surface area contributed by atoms with Crippen LogP contribution < -0.4 is 4.49 Å². The Morgan fingerprint density at radius 3 is 0.918 bits per heavy atom. The van der Waals surface area contributed by atoms with Crippen molar-refractivity contribution in [2.24, 2.45) is 0 Å². The van der Waals surface area contributed by atoms with Gasteiger partial charge in [-0.3, -0.25) is 9.05 Å². The minimum absolute atomic E-state index is 0.309. The van der Waals surface area contributed by atoms with Crippen LogP contribution in [0.5, 0.6) is 0 Å². The van der Waals surface area contributed by atoms with Gasteiger partial charge in [0.2, 0.25) is 0 Å². The molecule has 0 aliphatic carbocycles. The van der Waals surface area contributed by atoms with Gasteiger partial charge in [-0.05, 0) is 80.0 Å². The van der Waals surface area contributed by atoms with Crippen LogP contribution in [-0.2, 0) is 66.0 Å². The molecule has 1 N–H and O–H groups in total. The fourth-order valence-corrected chi connectivity index (χ4v) is 11.5. The fourth-order valence-electron chi connectivity index (χ4n) is 8.17. The van der Waals surface area contributed by atoms with Gasteiger partial charge in [0.05, 0.1) is 0 Å². The molecule has 0 bridgehead atoms. The van der Waals surface area contributed by atoms with Crippen LogP contribution in [0.4, 0.5) is 13.2 Å². The Hall–Kier alpha value is -3.35. The molecule has 2 atom stereocenters. The number of halogens is 3. The molecule has 2 aliphatic rings. The molecule has 0 spiro atoms. The summed E-state index contributed by atoms with van der Waals surface area (Å²) < 4.78 is 115. The molecule has 0 aromatic heterocycles. The van der Waals surface area contributed by atoms with E-state index in [0.29, 0.717) is 22.3 Å². The Balaban J connectivity index is 1.80. The lowest BCUT2D eigenvalue weighted by atomic mass is 9.70. The van der Waals surface area contributed by atoms with Crippen molar-refractivity contribution in [3.63, 3.8) is 0 Å². The molecule has 0 unspecified atom stereocenters. The second-order valence-corrected chi connectivity index (χ2v) is 24.5. The maximum absolute atomic E-state index is 16.0. The van der Waals surface area contributed by atoms with E-state index in [-0.39, 0.29) is 21.7 Å². The minimum Gasteiger partial charge on any atom is -0.341 e. The third kappa shape index (κ3) is 8.93. The van der Waals surface area contributed by atoms with Crippen molar-refractivity contribution in [1.82, 2.24) is 4.49 Å². The summed E-state index contributed by atoms with van der Waals surface area (Å²) in [5, 5.41) is 0. The van der Waals surface area contributed by atoms with E-state index in [0.717, 1.165) is 22.3 Å². The molecule has 13 heteroatoms. The van der Waals surface area contributed by atoms with Crippen LogP contribution in [0.3, 0.4) is 0 Å². The molecule has 0 amide bonds. The molecule has 6 rings (SSSR count). The predicted molar refractivity (Wildman–Crippen MR) is 234 cm³/mol. The second kappa shape index (κ2) is 15.1. The zero-order valence-corrected chi connectivity index (χ0v) is 39.5. The third-order valence-corrected chi connectivity index (χ3v) is 15.2. The molecule has 4 aromatic rings. The quantitative estimate of drug-likeness (QED) is 0.193. The molecule has 2 aliphatic heterocycles. The molecule has 332 valence electrons. The topological polar surface area (TPSA) is 100 Å². The fraction of sp³-hybridized carbons (Fsp3) is 0.500. The first-order valence-corrected chi connectivity index (χ1v) is 23.6. The number of fused-ring (bicyclic) bond motifs is 1. The highest BCUT2D eigenvalue weighted by Crippen LogP contribution is 2.67. The van der Waals surface area contributed by atoms with Crippen LogP contribution in [0.1, 0.15) is 141 Å². The first kappa shape index (κ1) is 47.1. The van der Waals surface area contributed by atoms with Gasteiger partial charge in [0.25, 0.3) is 0 Å². The van der Waals surface area contributed by atoms with Gasteiger partial charge in [0.15, 0.2) is 17.0 Å². The van der Waals surface area contributed by atoms with Gasteiger partial charge in [-0.1, -0.05) is 180 Å². The normalized spacial score (nSPS) is 21.7. The second-order valence-electron chi connectivity index (χ2n) is 21.0. The Labute approximate surface area is 360 Å². The Morgan fingerprint density at radius 2 is 0.721 bits per heavy atom. The highest BCUT2D eigenvalue weighted by Gasteiger charge is 2.70. The average molecular weight is 884 g/mol. The Bertz CT molecular complexity index is 2130. The molecule has 2 heterocycles. The van der Waals surface area contributed by atoms with Gasteiger partial charge >= 0.3 is 23.3 Å². The molecule has 61 heavy (non-hydrogen) atoms. The summed E-state index contributed by atoms with van der Waals surface area (Å²) in [6.07, 6.45) is -2.70. The van der Waals surface area contributed by atoms with Crippen molar-refractivity contribution < 1.29 is 44.7 Å². The molecule has 2 saturated heterocycles. The standard InChI is InChI=1S/C48H61F3NO7PS/c1-41(2,3)31-15-23-35(24-16-31)46(36-25-17-32(18-26-36)42(4,5)6)39-40(57-45(13,14)56-39)47(37-27-19-33(20-28-37)43(7,8)9,38-29-21-34(22-30-38)44(10,11)12)59-60(53,58-46)52-61(54,55)48(49,50)51/h15-30,39-40H,1-14H3,(H,52,53)/t39-,40-/m1/s1. The Morgan fingerprint density at radius 1 is 0.492 bits per heavy atom. The monoisotopic (exact) mass is 883 g/mol. The number of hydrogen-bond acceptors (Lipinski definition) is 7. The van der Waals surface area contributed by atoms with Crippen molar-refractivity contribution in [3.8, 4) is 0 Å². The maximum atomic E-state index is 16.0. The van der Waals surface area contributed by atoms with Crippen LogP contribution >= 0.6 is 7.75 Å². The highest BCUT2D eigenvalue weighted by atomic mass is 32.2. The summed E-state index contributed by atoms with van der Waals surface area (Å²) in [4.78, 5) is 0. The van der Waals surface area contributed by atoms with E-state index >= 15 is 4.57 Å². The van der Waals surface area contributed by atoms with Crippen molar-refractivity contribution in [2.45, 2.75) is 153 Å². The molecule has 0 saturated carbocycles. The molecule has 4 aromatic carbocycles. The van der Waals surface area contributed by atoms with E-state index < -0.39 is 52.5 Å². The largest absolute Gasteiger partial charge is 0.511 e. The van der Waals surface area contributed by atoms with E-state index in [1.165, 1.54) is 4.49 Å². The summed E-state index contributed by atoms with van der Waals surface area (Å²) in [7, 11) is -12.2. The van der Waals surface area contributed by atoms with Gasteiger partial charge < -0.3 is 9.47 Å². The summed E-state index contributed by atoms with van der Waals surface area (Å²) in [5.41, 5.74) is -6.43. The van der Waals surface area contributed by atoms with E-state index in [1.54, 1.807) is 62.4 Å². The number of nitrogens with one attached hydrogen (secondary N) is 1. The van der Waals surface area contributed by atoms with Crippen LogP contribution in [0.2, 0.25) is 0 Å². The SMILES string of the molecule is CC1(C)O[C@@H]2[C@@H](O1)C(c1ccc(C(C)(C)C)cc1)(c1ccc(C(C)(C)C)cc1)OP(=O)(NS(=O)(=O)C(F)(F)F)OC2(c1ccc(C(C)(C)C)cc1)c1ccc(C(C)(C)C)cc1. The number of sulfonamides is 1. The molecule has 2 fully saturated rings. The van der Waals surface area contributed by atoms with Crippen LogP contribution in [0.15, 0.2) is 97.1 Å². The van der Waals surface area contributed by atoms with Gasteiger partial charge in [0.1, 0.15) is 12.2 Å². The smallest absolute Gasteiger partial charge is 0.341 e. The molecular weight excluding hydrogens is 823 g/mol. The zero-order chi connectivity index (χ0) is 45.6. The lowest BCUT2D eigenvalue weighted by Gasteiger charge is -2.42. The van der Waals surface area contributed by atoms with E-state index in [1.807, 2.05) is 132 Å². The van der Waals surface area contributed by atoms with Gasteiger partial charge in [-0.2, -0.15) is 13.2 Å². The average Bonchev–Trinajstić information content (AvgIpc) is 3.43. The first-order valence-electron chi connectivity index (χ1n) is 20.6. The summed E-state index contributed by atoms with van der Waals surface area (Å²) in [5.74, 6) is -1.39. The number of ether oxygens (including phenoxy) is 2. The van der Waals surface area contributed by atoms with Crippen molar-refractivity contribution in [2.75, 3.05) is 0 Å². The van der Waals surface area contributed by atoms with E-state index in [2.05, 4.69) is 0 Å². The van der Waals surface area contributed by atoms with E-state index in [9.17, 15) is 21.6 Å². The number of benzene rings is 4. The Kier molecular flexibility index (Phi) is 11.7. The van der Waals surface area contributed by atoms with Gasteiger partial charge in [0, 0.05) is 0 Å². The van der Waals surface area contributed by atoms with Crippen LogP contribution in [0, 0.1) is 0 Å².